The molecule has 0 aliphatic heterocycles. The minimum atomic E-state index is -0.389. The van der Waals surface area contributed by atoms with Gasteiger partial charge in [-0.2, -0.15) is 0 Å². The molecule has 0 spiro atoms. The zero-order valence-corrected chi connectivity index (χ0v) is 12.9. The maximum atomic E-state index is 11.7. The SMILES string of the molecule is CCCCOC(C)C(=O)NCC(N)(CC)CC.Cl. The van der Waals surface area contributed by atoms with Gasteiger partial charge in [0.15, 0.2) is 0 Å². The first kappa shape index (κ1) is 20.0. The number of nitrogens with one attached hydrogen (secondary N) is 1. The van der Waals surface area contributed by atoms with Crippen LogP contribution in [0.25, 0.3) is 0 Å². The van der Waals surface area contributed by atoms with Crippen LogP contribution in [0.3, 0.4) is 0 Å². The summed E-state index contributed by atoms with van der Waals surface area (Å²) < 4.78 is 5.42. The fraction of sp³-hybridized carbons (Fsp3) is 0.923. The number of ether oxygens (including phenoxy) is 1. The Morgan fingerprint density at radius 3 is 2.33 bits per heavy atom. The molecule has 0 saturated carbocycles. The highest BCUT2D eigenvalue weighted by Gasteiger charge is 2.22. The Morgan fingerprint density at radius 1 is 1.33 bits per heavy atom. The first-order valence-corrected chi connectivity index (χ1v) is 6.67. The standard InChI is InChI=1S/C13H28N2O2.ClH/c1-5-8-9-17-11(4)12(16)15-10-13(14,6-2)7-3;/h11H,5-10,14H2,1-4H3,(H,15,16);1H. The van der Waals surface area contributed by atoms with E-state index >= 15 is 0 Å². The molecule has 0 bridgehead atoms. The van der Waals surface area contributed by atoms with E-state index in [0.717, 1.165) is 25.7 Å². The second-order valence-electron chi connectivity index (χ2n) is 4.65. The molecule has 3 N–H and O–H groups in total. The van der Waals surface area contributed by atoms with E-state index in [1.807, 2.05) is 13.8 Å². The number of hydrogen-bond donors (Lipinski definition) is 2. The van der Waals surface area contributed by atoms with Crippen LogP contribution in [0.1, 0.15) is 53.4 Å². The molecule has 110 valence electrons. The fourth-order valence-electron chi connectivity index (χ4n) is 1.39. The van der Waals surface area contributed by atoms with Crippen LogP contribution in [0.2, 0.25) is 0 Å². The Hall–Kier alpha value is -0.320. The lowest BCUT2D eigenvalue weighted by Crippen LogP contribution is -2.51. The number of nitrogens with two attached hydrogens (primary N) is 1. The maximum absolute atomic E-state index is 11.7. The smallest absolute Gasteiger partial charge is 0.248 e. The third-order valence-corrected chi connectivity index (χ3v) is 3.26. The number of carbonyl (C=O) groups excluding carboxylic acids is 1. The molecule has 0 aromatic carbocycles. The van der Waals surface area contributed by atoms with Gasteiger partial charge in [0.05, 0.1) is 0 Å². The second kappa shape index (κ2) is 10.6. The zero-order valence-electron chi connectivity index (χ0n) is 12.1. The second-order valence-corrected chi connectivity index (χ2v) is 4.65. The normalized spacial score (nSPS) is 12.7. The van der Waals surface area contributed by atoms with Gasteiger partial charge in [-0.25, -0.2) is 0 Å². The molecule has 0 aliphatic carbocycles. The Morgan fingerprint density at radius 2 is 1.89 bits per heavy atom. The lowest BCUT2D eigenvalue weighted by Gasteiger charge is -2.27. The molecule has 4 nitrogen and oxygen atoms in total. The van der Waals surface area contributed by atoms with E-state index in [9.17, 15) is 4.79 Å². The first-order chi connectivity index (χ1) is 7.99. The van der Waals surface area contributed by atoms with Gasteiger partial charge >= 0.3 is 0 Å². The van der Waals surface area contributed by atoms with Crippen molar-refractivity contribution in [3.63, 3.8) is 0 Å². The van der Waals surface area contributed by atoms with E-state index < -0.39 is 0 Å². The van der Waals surface area contributed by atoms with Gasteiger partial charge in [-0.1, -0.05) is 27.2 Å². The first-order valence-electron chi connectivity index (χ1n) is 6.67. The van der Waals surface area contributed by atoms with Gasteiger partial charge < -0.3 is 15.8 Å². The molecule has 0 aromatic heterocycles. The predicted octanol–water partition coefficient (Wildman–Crippen LogP) is 2.25. The monoisotopic (exact) mass is 280 g/mol. The lowest BCUT2D eigenvalue weighted by molar-refractivity contribution is -0.132. The summed E-state index contributed by atoms with van der Waals surface area (Å²) in [6, 6.07) is 0. The minimum Gasteiger partial charge on any atom is -0.369 e. The number of hydrogen-bond acceptors (Lipinski definition) is 3. The Balaban J connectivity index is 0. The van der Waals surface area contributed by atoms with E-state index in [-0.39, 0.29) is 30.0 Å². The topological polar surface area (TPSA) is 64.3 Å². The van der Waals surface area contributed by atoms with Crippen molar-refractivity contribution in [2.24, 2.45) is 5.73 Å². The molecule has 0 saturated heterocycles. The van der Waals surface area contributed by atoms with Gasteiger partial charge in [-0.3, -0.25) is 4.79 Å². The van der Waals surface area contributed by atoms with Crippen molar-refractivity contribution in [1.82, 2.24) is 5.32 Å². The van der Waals surface area contributed by atoms with Gasteiger partial charge in [-0.05, 0) is 26.2 Å². The minimum absolute atomic E-state index is 0. The van der Waals surface area contributed by atoms with Crippen molar-refractivity contribution in [2.75, 3.05) is 13.2 Å². The van der Waals surface area contributed by atoms with Gasteiger partial charge in [-0.15, -0.1) is 12.4 Å². The molecule has 0 heterocycles. The van der Waals surface area contributed by atoms with Gasteiger partial charge in [0.1, 0.15) is 6.10 Å². The number of halogens is 1. The molecule has 5 heteroatoms. The van der Waals surface area contributed by atoms with Crippen molar-refractivity contribution >= 4 is 18.3 Å². The Labute approximate surface area is 117 Å². The fourth-order valence-corrected chi connectivity index (χ4v) is 1.39. The summed E-state index contributed by atoms with van der Waals surface area (Å²) in [5.74, 6) is -0.0715. The van der Waals surface area contributed by atoms with E-state index in [1.165, 1.54) is 0 Å². The molecular formula is C13H29ClN2O2. The number of amides is 1. The number of rotatable bonds is 9. The van der Waals surface area contributed by atoms with Crippen molar-refractivity contribution in [3.05, 3.63) is 0 Å². The average molecular weight is 281 g/mol. The molecule has 1 amide bonds. The van der Waals surface area contributed by atoms with Gasteiger partial charge in [0, 0.05) is 18.7 Å². The third kappa shape index (κ3) is 7.90. The van der Waals surface area contributed by atoms with Crippen LogP contribution in [-0.2, 0) is 9.53 Å². The van der Waals surface area contributed by atoms with Crippen LogP contribution < -0.4 is 11.1 Å². The molecule has 1 unspecified atom stereocenters. The van der Waals surface area contributed by atoms with Crippen LogP contribution in [0, 0.1) is 0 Å². The van der Waals surface area contributed by atoms with E-state index in [0.29, 0.717) is 13.2 Å². The molecule has 0 aliphatic rings. The van der Waals surface area contributed by atoms with Crippen LogP contribution in [0.5, 0.6) is 0 Å². The number of carbonyl (C=O) groups is 1. The van der Waals surface area contributed by atoms with Crippen molar-refractivity contribution < 1.29 is 9.53 Å². The maximum Gasteiger partial charge on any atom is 0.248 e. The molecule has 0 fully saturated rings. The summed E-state index contributed by atoms with van der Waals surface area (Å²) in [4.78, 5) is 11.7. The molecule has 18 heavy (non-hydrogen) atoms. The quantitative estimate of drug-likeness (QED) is 0.637. The molecule has 0 aromatic rings. The summed E-state index contributed by atoms with van der Waals surface area (Å²) in [6.45, 7) is 9.11. The van der Waals surface area contributed by atoms with Crippen LogP contribution in [0.15, 0.2) is 0 Å². The van der Waals surface area contributed by atoms with E-state index in [2.05, 4.69) is 12.2 Å². The summed E-state index contributed by atoms with van der Waals surface area (Å²) in [5.41, 5.74) is 5.82. The average Bonchev–Trinajstić information content (AvgIpc) is 2.35. The summed E-state index contributed by atoms with van der Waals surface area (Å²) in [5, 5.41) is 2.86. The van der Waals surface area contributed by atoms with Crippen molar-refractivity contribution in [1.29, 1.82) is 0 Å². The third-order valence-electron chi connectivity index (χ3n) is 3.26. The predicted molar refractivity (Wildman–Crippen MR) is 78.1 cm³/mol. The summed E-state index contributed by atoms with van der Waals surface area (Å²) in [7, 11) is 0. The van der Waals surface area contributed by atoms with E-state index in [1.54, 1.807) is 6.92 Å². The lowest BCUT2D eigenvalue weighted by atomic mass is 9.94. The van der Waals surface area contributed by atoms with Gasteiger partial charge in [0.25, 0.3) is 0 Å². The summed E-state index contributed by atoms with van der Waals surface area (Å²) in [6.07, 6.45) is 3.39. The van der Waals surface area contributed by atoms with Crippen molar-refractivity contribution in [3.8, 4) is 0 Å². The highest BCUT2D eigenvalue weighted by molar-refractivity contribution is 5.85. The summed E-state index contributed by atoms with van der Waals surface area (Å²) >= 11 is 0. The molecule has 1 atom stereocenters. The zero-order chi connectivity index (χ0) is 13.3. The van der Waals surface area contributed by atoms with Crippen molar-refractivity contribution in [2.45, 2.75) is 65.0 Å². The van der Waals surface area contributed by atoms with Crippen LogP contribution in [-0.4, -0.2) is 30.7 Å². The van der Waals surface area contributed by atoms with Gasteiger partial charge in [0.2, 0.25) is 5.91 Å². The molecule has 0 rings (SSSR count). The Bertz CT molecular complexity index is 221. The van der Waals surface area contributed by atoms with E-state index in [4.69, 9.17) is 10.5 Å². The molecular weight excluding hydrogens is 252 g/mol. The largest absolute Gasteiger partial charge is 0.369 e. The molecule has 0 radical (unpaired) electrons. The highest BCUT2D eigenvalue weighted by atomic mass is 35.5. The highest BCUT2D eigenvalue weighted by Crippen LogP contribution is 2.09. The Kier molecular flexibility index (Phi) is 11.8. The number of unbranched alkanes of at least 4 members (excludes halogenated alkanes) is 1. The van der Waals surface area contributed by atoms with Crippen LogP contribution >= 0.6 is 12.4 Å². The van der Waals surface area contributed by atoms with Crippen LogP contribution in [0.4, 0.5) is 0 Å².